The summed E-state index contributed by atoms with van der Waals surface area (Å²) >= 11 is 0. The molecule has 2 atom stereocenters. The molecule has 3 aromatic rings. The first-order chi connectivity index (χ1) is 13.0. The van der Waals surface area contributed by atoms with E-state index in [1.807, 2.05) is 6.07 Å². The summed E-state index contributed by atoms with van der Waals surface area (Å²) in [5.74, 6) is -2.11. The summed E-state index contributed by atoms with van der Waals surface area (Å²) in [6.45, 7) is 0. The van der Waals surface area contributed by atoms with Crippen LogP contribution >= 0.6 is 0 Å². The molecule has 0 spiro atoms. The van der Waals surface area contributed by atoms with Gasteiger partial charge in [-0.2, -0.15) is 0 Å². The molecule has 2 heterocycles. The normalized spacial score (nSPS) is 13.2. The number of aliphatic carboxylic acids is 2. The van der Waals surface area contributed by atoms with Gasteiger partial charge >= 0.3 is 11.9 Å². The maximum Gasteiger partial charge on any atom is 0.326 e. The monoisotopic (exact) mass is 368 g/mol. The maximum atomic E-state index is 11.8. The Labute approximate surface area is 155 Å². The zero-order valence-corrected chi connectivity index (χ0v) is 14.4. The summed E-state index contributed by atoms with van der Waals surface area (Å²) < 4.78 is 0. The minimum atomic E-state index is -1.11. The second kappa shape index (κ2) is 7.88. The van der Waals surface area contributed by atoms with Gasteiger partial charge in [0.05, 0.1) is 0 Å². The van der Waals surface area contributed by atoms with E-state index in [0.29, 0.717) is 16.9 Å². The van der Waals surface area contributed by atoms with Crippen LogP contribution in [0.15, 0.2) is 48.8 Å². The number of carboxylic acid groups (broad SMARTS) is 2. The number of pyridine rings is 1. The molecule has 0 unspecified atom stereocenters. The van der Waals surface area contributed by atoms with E-state index in [0.717, 1.165) is 10.9 Å². The highest BCUT2D eigenvalue weighted by atomic mass is 16.4. The number of para-hydroxylation sites is 1. The second-order valence-electron chi connectivity index (χ2n) is 6.26. The Morgan fingerprint density at radius 2 is 1.85 bits per heavy atom. The van der Waals surface area contributed by atoms with E-state index in [1.54, 1.807) is 42.7 Å². The number of nitrogens with zero attached hydrogens (tertiary/aromatic N) is 1. The molecular weight excluding hydrogens is 348 g/mol. The largest absolute Gasteiger partial charge is 0.480 e. The molecule has 6 N–H and O–H groups in total. The molecule has 0 saturated heterocycles. The van der Waals surface area contributed by atoms with Crippen LogP contribution in [0.25, 0.3) is 11.0 Å². The molecule has 0 aliphatic heterocycles. The Bertz CT molecular complexity index is 969. The number of hydrogen-bond donors (Lipinski definition) is 5. The van der Waals surface area contributed by atoms with Crippen molar-refractivity contribution in [2.75, 3.05) is 5.32 Å². The van der Waals surface area contributed by atoms with E-state index < -0.39 is 24.0 Å². The van der Waals surface area contributed by atoms with Crippen LogP contribution in [0.3, 0.4) is 0 Å². The summed E-state index contributed by atoms with van der Waals surface area (Å²) in [6.07, 6.45) is 3.75. The smallest absolute Gasteiger partial charge is 0.326 e. The lowest BCUT2D eigenvalue weighted by Crippen LogP contribution is -2.34. The average molecular weight is 368 g/mol. The van der Waals surface area contributed by atoms with Gasteiger partial charge in [-0.3, -0.25) is 4.79 Å². The van der Waals surface area contributed by atoms with Crippen LogP contribution in [0.2, 0.25) is 0 Å². The number of nitrogens with one attached hydrogen (secondary N) is 2. The number of carbonyl (C=O) groups is 2. The van der Waals surface area contributed by atoms with Gasteiger partial charge < -0.3 is 26.2 Å². The molecule has 8 nitrogen and oxygen atoms in total. The van der Waals surface area contributed by atoms with Crippen LogP contribution in [-0.2, 0) is 22.4 Å². The van der Waals surface area contributed by atoms with E-state index in [1.165, 1.54) is 0 Å². The van der Waals surface area contributed by atoms with Crippen molar-refractivity contribution < 1.29 is 19.8 Å². The number of fused-ring (bicyclic) bond motifs is 1. The van der Waals surface area contributed by atoms with Crippen molar-refractivity contribution in [3.8, 4) is 0 Å². The van der Waals surface area contributed by atoms with Crippen molar-refractivity contribution >= 4 is 28.7 Å². The van der Waals surface area contributed by atoms with Gasteiger partial charge in [0.25, 0.3) is 0 Å². The summed E-state index contributed by atoms with van der Waals surface area (Å²) in [5, 5.41) is 22.6. The Kier molecular flexibility index (Phi) is 5.37. The third-order valence-electron chi connectivity index (χ3n) is 4.36. The van der Waals surface area contributed by atoms with Crippen molar-refractivity contribution in [1.82, 2.24) is 9.97 Å². The number of aromatic nitrogens is 2. The first kappa shape index (κ1) is 18.4. The number of carboxylic acids is 2. The van der Waals surface area contributed by atoms with Gasteiger partial charge in [-0.1, -0.05) is 18.2 Å². The molecule has 3 rings (SSSR count). The molecule has 0 radical (unpaired) electrons. The van der Waals surface area contributed by atoms with Gasteiger partial charge in [0.15, 0.2) is 0 Å². The van der Waals surface area contributed by atoms with E-state index >= 15 is 0 Å². The van der Waals surface area contributed by atoms with Crippen molar-refractivity contribution in [2.24, 2.45) is 5.73 Å². The molecule has 2 aromatic heterocycles. The van der Waals surface area contributed by atoms with Gasteiger partial charge in [-0.25, -0.2) is 9.78 Å². The Hall–Kier alpha value is -3.39. The lowest BCUT2D eigenvalue weighted by Gasteiger charge is -2.19. The number of benzene rings is 1. The van der Waals surface area contributed by atoms with E-state index in [-0.39, 0.29) is 12.8 Å². The van der Waals surface area contributed by atoms with Gasteiger partial charge in [0, 0.05) is 36.3 Å². The highest BCUT2D eigenvalue weighted by molar-refractivity contribution is 5.83. The fourth-order valence-corrected chi connectivity index (χ4v) is 2.95. The van der Waals surface area contributed by atoms with E-state index in [4.69, 9.17) is 10.8 Å². The first-order valence-corrected chi connectivity index (χ1v) is 8.42. The average Bonchev–Trinajstić information content (AvgIpc) is 3.05. The first-order valence-electron chi connectivity index (χ1n) is 8.42. The predicted octanol–water partition coefficient (Wildman–Crippen LogP) is 1.63. The molecule has 0 saturated carbocycles. The number of H-pyrrole nitrogens is 1. The molecule has 140 valence electrons. The minimum absolute atomic E-state index is 0.0991. The van der Waals surface area contributed by atoms with Gasteiger partial charge in [0.1, 0.15) is 17.7 Å². The summed E-state index contributed by atoms with van der Waals surface area (Å²) in [6, 6.07) is 8.69. The zero-order chi connectivity index (χ0) is 19.4. The van der Waals surface area contributed by atoms with Crippen molar-refractivity contribution in [1.29, 1.82) is 0 Å². The number of nitrogens with two attached hydrogens (primary N) is 1. The van der Waals surface area contributed by atoms with Crippen molar-refractivity contribution in [3.63, 3.8) is 0 Å². The summed E-state index contributed by atoms with van der Waals surface area (Å²) in [5.41, 5.74) is 8.36. The molecule has 1 aromatic carbocycles. The Balaban J connectivity index is 1.83. The molecule has 0 bridgehead atoms. The highest BCUT2D eigenvalue weighted by Crippen LogP contribution is 2.22. The minimum Gasteiger partial charge on any atom is -0.480 e. The van der Waals surface area contributed by atoms with Crippen molar-refractivity contribution in [2.45, 2.75) is 24.9 Å². The molecule has 0 amide bonds. The standard InChI is InChI=1S/C19H20N4O4/c20-14(18(24)25)8-11-4-1-2-6-15(11)23-16(19(26)27)9-12-10-22-17-13(12)5-3-7-21-17/h1-7,10,14,16,23H,8-9,20H2,(H,21,22)(H,24,25)(H,26,27)/t14-,16-/m0/s1. The van der Waals surface area contributed by atoms with Gasteiger partial charge in [-0.05, 0) is 29.3 Å². The van der Waals surface area contributed by atoms with Crippen LogP contribution in [0.1, 0.15) is 11.1 Å². The molecule has 0 aliphatic carbocycles. The third-order valence-corrected chi connectivity index (χ3v) is 4.36. The summed E-state index contributed by atoms with van der Waals surface area (Å²) in [4.78, 5) is 30.1. The van der Waals surface area contributed by atoms with Crippen LogP contribution < -0.4 is 11.1 Å². The number of aromatic amines is 1. The Morgan fingerprint density at radius 3 is 2.59 bits per heavy atom. The van der Waals surface area contributed by atoms with E-state index in [9.17, 15) is 14.7 Å². The quantitative estimate of drug-likeness (QED) is 0.407. The van der Waals surface area contributed by atoms with Gasteiger partial charge in [0.2, 0.25) is 0 Å². The van der Waals surface area contributed by atoms with Crippen LogP contribution in [-0.4, -0.2) is 44.2 Å². The molecular formula is C19H20N4O4. The molecule has 0 fully saturated rings. The van der Waals surface area contributed by atoms with Crippen LogP contribution in [0.4, 0.5) is 5.69 Å². The molecule has 27 heavy (non-hydrogen) atoms. The SMILES string of the molecule is N[C@@H](Cc1ccccc1N[C@@H](Cc1c[nH]c2ncccc12)C(=O)O)C(=O)O. The zero-order valence-electron chi connectivity index (χ0n) is 14.4. The molecule has 8 heteroatoms. The summed E-state index contributed by atoms with van der Waals surface area (Å²) in [7, 11) is 0. The van der Waals surface area contributed by atoms with Crippen LogP contribution in [0.5, 0.6) is 0 Å². The fourth-order valence-electron chi connectivity index (χ4n) is 2.95. The lowest BCUT2D eigenvalue weighted by atomic mass is 10.0. The number of hydrogen-bond acceptors (Lipinski definition) is 5. The van der Waals surface area contributed by atoms with Gasteiger partial charge in [-0.15, -0.1) is 0 Å². The van der Waals surface area contributed by atoms with Crippen LogP contribution in [0, 0.1) is 0 Å². The number of anilines is 1. The highest BCUT2D eigenvalue weighted by Gasteiger charge is 2.22. The number of rotatable bonds is 8. The Morgan fingerprint density at radius 1 is 1.07 bits per heavy atom. The third kappa shape index (κ3) is 4.24. The maximum absolute atomic E-state index is 11.8. The molecule has 0 aliphatic rings. The lowest BCUT2D eigenvalue weighted by molar-refractivity contribution is -0.139. The fraction of sp³-hybridized carbons (Fsp3) is 0.211. The van der Waals surface area contributed by atoms with E-state index in [2.05, 4.69) is 15.3 Å². The topological polar surface area (TPSA) is 141 Å². The van der Waals surface area contributed by atoms with Crippen molar-refractivity contribution in [3.05, 3.63) is 59.9 Å². The predicted molar refractivity (Wildman–Crippen MR) is 101 cm³/mol. The second-order valence-corrected chi connectivity index (χ2v) is 6.26.